The number of piperidine rings is 1. The predicted molar refractivity (Wildman–Crippen MR) is 109 cm³/mol. The summed E-state index contributed by atoms with van der Waals surface area (Å²) >= 11 is 0. The van der Waals surface area contributed by atoms with Gasteiger partial charge in [0.2, 0.25) is 5.91 Å². The van der Waals surface area contributed by atoms with Crippen molar-refractivity contribution in [3.63, 3.8) is 0 Å². The molecule has 0 spiro atoms. The summed E-state index contributed by atoms with van der Waals surface area (Å²) in [5.74, 6) is 1.02. The maximum absolute atomic E-state index is 13.0. The quantitative estimate of drug-likeness (QED) is 0.851. The van der Waals surface area contributed by atoms with Crippen LogP contribution in [0.1, 0.15) is 18.4 Å². The maximum Gasteiger partial charge on any atom is 0.247 e. The van der Waals surface area contributed by atoms with Gasteiger partial charge in [-0.1, -0.05) is 30.3 Å². The fourth-order valence-corrected chi connectivity index (χ4v) is 3.70. The summed E-state index contributed by atoms with van der Waals surface area (Å²) in [6.45, 7) is 2.65. The van der Waals surface area contributed by atoms with E-state index in [0.717, 1.165) is 43.9 Å². The molecule has 0 aliphatic carbocycles. The van der Waals surface area contributed by atoms with Crippen molar-refractivity contribution in [2.24, 2.45) is 0 Å². The second kappa shape index (κ2) is 8.44. The number of nitrogens with zero attached hydrogens (tertiary/aromatic N) is 2. The van der Waals surface area contributed by atoms with E-state index in [-0.39, 0.29) is 5.91 Å². The van der Waals surface area contributed by atoms with Gasteiger partial charge < -0.3 is 15.0 Å². The van der Waals surface area contributed by atoms with E-state index < -0.39 is 5.54 Å². The highest BCUT2D eigenvalue weighted by Gasteiger charge is 2.42. The number of amides is 1. The molecule has 144 valence electrons. The highest BCUT2D eigenvalue weighted by Crippen LogP contribution is 2.29. The van der Waals surface area contributed by atoms with E-state index in [1.165, 1.54) is 5.56 Å². The molecule has 0 aromatic heterocycles. The number of carbonyl (C=O) groups is 1. The molecule has 2 aromatic rings. The first-order chi connectivity index (χ1) is 13.0. The van der Waals surface area contributed by atoms with E-state index in [9.17, 15) is 4.79 Å². The molecule has 1 N–H and O–H groups in total. The van der Waals surface area contributed by atoms with Gasteiger partial charge in [0.05, 0.1) is 7.11 Å². The minimum Gasteiger partial charge on any atom is -0.497 e. The highest BCUT2D eigenvalue weighted by atomic mass is 16.5. The van der Waals surface area contributed by atoms with Gasteiger partial charge >= 0.3 is 0 Å². The van der Waals surface area contributed by atoms with Crippen molar-refractivity contribution in [3.8, 4) is 5.75 Å². The fraction of sp³-hybridized carbons (Fsp3) is 0.409. The van der Waals surface area contributed by atoms with Crippen molar-refractivity contribution in [3.05, 3.63) is 60.2 Å². The lowest BCUT2D eigenvalue weighted by Gasteiger charge is -2.43. The van der Waals surface area contributed by atoms with Crippen LogP contribution >= 0.6 is 0 Å². The van der Waals surface area contributed by atoms with Crippen molar-refractivity contribution in [2.45, 2.75) is 24.9 Å². The normalized spacial score (nSPS) is 16.6. The Morgan fingerprint density at radius 3 is 2.26 bits per heavy atom. The summed E-state index contributed by atoms with van der Waals surface area (Å²) < 4.78 is 5.23. The van der Waals surface area contributed by atoms with E-state index >= 15 is 0 Å². The molecule has 1 amide bonds. The molecule has 1 aliphatic rings. The number of methoxy groups -OCH3 is 1. The second-order valence-electron chi connectivity index (χ2n) is 7.40. The lowest BCUT2D eigenvalue weighted by molar-refractivity contribution is -0.135. The van der Waals surface area contributed by atoms with E-state index in [1.54, 1.807) is 12.0 Å². The molecule has 0 bridgehead atoms. The van der Waals surface area contributed by atoms with Crippen LogP contribution in [0.25, 0.3) is 0 Å². The number of anilines is 1. The van der Waals surface area contributed by atoms with Crippen LogP contribution in [0.4, 0.5) is 5.69 Å². The average Bonchev–Trinajstić information content (AvgIpc) is 2.70. The monoisotopic (exact) mass is 367 g/mol. The minimum absolute atomic E-state index is 0.149. The van der Waals surface area contributed by atoms with Gasteiger partial charge in [0, 0.05) is 39.4 Å². The fourth-order valence-electron chi connectivity index (χ4n) is 3.70. The molecule has 0 saturated carbocycles. The Kier molecular flexibility index (Phi) is 6.01. The highest BCUT2D eigenvalue weighted by molar-refractivity contribution is 5.89. The maximum atomic E-state index is 13.0. The SMILES string of the molecule is COc1ccc(CN2CCC(Nc3ccccc3)(C(=O)N(C)C)CC2)cc1. The molecule has 0 radical (unpaired) electrons. The number of hydrogen-bond donors (Lipinski definition) is 1. The van der Waals surface area contributed by atoms with Crippen molar-refractivity contribution >= 4 is 11.6 Å². The topological polar surface area (TPSA) is 44.8 Å². The summed E-state index contributed by atoms with van der Waals surface area (Å²) in [6.07, 6.45) is 1.57. The van der Waals surface area contributed by atoms with Crippen LogP contribution in [0.5, 0.6) is 5.75 Å². The molecule has 5 nitrogen and oxygen atoms in total. The van der Waals surface area contributed by atoms with Gasteiger partial charge in [0.15, 0.2) is 0 Å². The van der Waals surface area contributed by atoms with Gasteiger partial charge in [-0.3, -0.25) is 9.69 Å². The van der Waals surface area contributed by atoms with Gasteiger partial charge in [-0.25, -0.2) is 0 Å². The molecule has 1 fully saturated rings. The number of benzene rings is 2. The summed E-state index contributed by atoms with van der Waals surface area (Å²) in [5, 5.41) is 3.54. The van der Waals surface area contributed by atoms with Crippen molar-refractivity contribution < 1.29 is 9.53 Å². The third-order valence-corrected chi connectivity index (χ3v) is 5.25. The Morgan fingerprint density at radius 1 is 1.07 bits per heavy atom. The average molecular weight is 367 g/mol. The van der Waals surface area contributed by atoms with Gasteiger partial charge in [0.1, 0.15) is 11.3 Å². The number of rotatable bonds is 6. The Bertz CT molecular complexity index is 736. The van der Waals surface area contributed by atoms with E-state index in [2.05, 4.69) is 22.3 Å². The number of likely N-dealkylation sites (tertiary alicyclic amines) is 1. The number of ether oxygens (including phenoxy) is 1. The molecule has 1 aliphatic heterocycles. The zero-order chi connectivity index (χ0) is 19.3. The summed E-state index contributed by atoms with van der Waals surface area (Å²) in [4.78, 5) is 17.1. The Labute approximate surface area is 161 Å². The Morgan fingerprint density at radius 2 is 1.70 bits per heavy atom. The molecular weight excluding hydrogens is 338 g/mol. The first-order valence-corrected chi connectivity index (χ1v) is 9.43. The lowest BCUT2D eigenvalue weighted by Crippen LogP contribution is -2.57. The molecule has 3 rings (SSSR count). The van der Waals surface area contributed by atoms with Gasteiger partial charge in [-0.05, 0) is 42.7 Å². The molecule has 0 unspecified atom stereocenters. The van der Waals surface area contributed by atoms with Crippen molar-refractivity contribution in [2.75, 3.05) is 39.6 Å². The number of likely N-dealkylation sites (N-methyl/N-ethyl adjacent to an activating group) is 1. The Balaban J connectivity index is 1.68. The largest absolute Gasteiger partial charge is 0.497 e. The molecule has 5 heteroatoms. The third kappa shape index (κ3) is 4.61. The smallest absolute Gasteiger partial charge is 0.247 e. The van der Waals surface area contributed by atoms with Gasteiger partial charge in [0.25, 0.3) is 0 Å². The van der Waals surface area contributed by atoms with Crippen LogP contribution < -0.4 is 10.1 Å². The molecule has 2 aromatic carbocycles. The van der Waals surface area contributed by atoms with Gasteiger partial charge in [-0.15, -0.1) is 0 Å². The van der Waals surface area contributed by atoms with Crippen molar-refractivity contribution in [1.29, 1.82) is 0 Å². The molecule has 27 heavy (non-hydrogen) atoms. The minimum atomic E-state index is -0.540. The molecule has 1 saturated heterocycles. The van der Waals surface area contributed by atoms with Crippen LogP contribution in [-0.2, 0) is 11.3 Å². The predicted octanol–water partition coefficient (Wildman–Crippen LogP) is 3.23. The zero-order valence-electron chi connectivity index (χ0n) is 16.4. The first-order valence-electron chi connectivity index (χ1n) is 9.43. The first kappa shape index (κ1) is 19.2. The van der Waals surface area contributed by atoms with Crippen LogP contribution in [0.2, 0.25) is 0 Å². The number of para-hydroxylation sites is 1. The van der Waals surface area contributed by atoms with Gasteiger partial charge in [-0.2, -0.15) is 0 Å². The number of carbonyl (C=O) groups excluding carboxylic acids is 1. The van der Waals surface area contributed by atoms with Crippen LogP contribution in [0.15, 0.2) is 54.6 Å². The van der Waals surface area contributed by atoms with Crippen LogP contribution in [0.3, 0.4) is 0 Å². The standard InChI is InChI=1S/C22H29N3O2/c1-24(2)21(26)22(23-19-7-5-4-6-8-19)13-15-25(16-14-22)17-18-9-11-20(27-3)12-10-18/h4-12,23H,13-17H2,1-3H3. The number of hydrogen-bond acceptors (Lipinski definition) is 4. The second-order valence-corrected chi connectivity index (χ2v) is 7.40. The molecule has 0 atom stereocenters. The summed E-state index contributed by atoms with van der Waals surface area (Å²) in [5.41, 5.74) is 1.72. The van der Waals surface area contributed by atoms with Crippen LogP contribution in [-0.4, -0.2) is 55.5 Å². The van der Waals surface area contributed by atoms with E-state index in [1.807, 2.05) is 56.6 Å². The lowest BCUT2D eigenvalue weighted by atomic mass is 9.85. The molecular formula is C22H29N3O2. The summed E-state index contributed by atoms with van der Waals surface area (Å²) in [6, 6.07) is 18.2. The van der Waals surface area contributed by atoms with E-state index in [0.29, 0.717) is 0 Å². The Hall–Kier alpha value is -2.53. The number of nitrogens with one attached hydrogen (secondary N) is 1. The molecule has 1 heterocycles. The van der Waals surface area contributed by atoms with Crippen molar-refractivity contribution in [1.82, 2.24) is 9.80 Å². The van der Waals surface area contributed by atoms with E-state index in [4.69, 9.17) is 4.74 Å². The third-order valence-electron chi connectivity index (χ3n) is 5.25. The zero-order valence-corrected chi connectivity index (χ0v) is 16.4. The summed E-state index contributed by atoms with van der Waals surface area (Å²) in [7, 11) is 5.35. The van der Waals surface area contributed by atoms with Crippen LogP contribution in [0, 0.1) is 0 Å².